The Morgan fingerprint density at radius 1 is 1.02 bits per heavy atom. The highest BCUT2D eigenvalue weighted by atomic mass is 19.4. The minimum Gasteiger partial charge on any atom is -0.497 e. The molecule has 3 aromatic carbocycles. The van der Waals surface area contributed by atoms with Crippen molar-refractivity contribution in [3.63, 3.8) is 0 Å². The number of amides is 2. The first-order valence-corrected chi connectivity index (χ1v) is 14.3. The molecule has 1 aliphatic carbocycles. The van der Waals surface area contributed by atoms with Crippen LogP contribution in [-0.2, 0) is 17.4 Å². The zero-order valence-electron chi connectivity index (χ0n) is 24.6. The summed E-state index contributed by atoms with van der Waals surface area (Å²) in [4.78, 5) is 28.8. The number of nitrogens with one attached hydrogen (secondary N) is 1. The van der Waals surface area contributed by atoms with Gasteiger partial charge < -0.3 is 34.6 Å². The van der Waals surface area contributed by atoms with Gasteiger partial charge in [-0.2, -0.15) is 13.2 Å². The molecule has 0 unspecified atom stereocenters. The van der Waals surface area contributed by atoms with Gasteiger partial charge in [0.1, 0.15) is 29.5 Å². The number of hydrogen-bond donors (Lipinski definition) is 3. The highest BCUT2D eigenvalue weighted by Gasteiger charge is 2.50. The van der Waals surface area contributed by atoms with E-state index in [9.17, 15) is 33.0 Å². The molecular weight excluding hydrogens is 593 g/mol. The molecule has 0 bridgehead atoms. The van der Waals surface area contributed by atoms with Crippen LogP contribution in [0.4, 0.5) is 13.2 Å². The van der Waals surface area contributed by atoms with Crippen molar-refractivity contribution in [2.75, 3.05) is 33.9 Å². The summed E-state index contributed by atoms with van der Waals surface area (Å²) in [5.74, 6) is -0.270. The van der Waals surface area contributed by atoms with Gasteiger partial charge in [-0.15, -0.1) is 0 Å². The molecule has 45 heavy (non-hydrogen) atoms. The molecule has 0 saturated carbocycles. The topological polar surface area (TPSA) is 118 Å². The molecular formula is C33H33F3N2O7. The van der Waals surface area contributed by atoms with E-state index in [1.807, 2.05) is 0 Å². The second kappa shape index (κ2) is 13.2. The minimum absolute atomic E-state index is 0.0164. The van der Waals surface area contributed by atoms with Crippen LogP contribution in [0.3, 0.4) is 0 Å². The zero-order valence-corrected chi connectivity index (χ0v) is 24.6. The fourth-order valence-corrected chi connectivity index (χ4v) is 5.86. The third-order valence-electron chi connectivity index (χ3n) is 8.07. The van der Waals surface area contributed by atoms with Crippen molar-refractivity contribution >= 4 is 11.8 Å². The average molecular weight is 627 g/mol. The number of halogens is 3. The quantitative estimate of drug-likeness (QED) is 0.314. The average Bonchev–Trinajstić information content (AvgIpc) is 3.44. The standard InChI is InChI=1S/C33H33F3N2O7/c1-43-22-11-12-26(44-2)20(17-22)13-15-38(32(42)19-7-9-21(10-8-19)33(34,35)36)25-18-24(31(41)37-14-16-39)28-23-5-3-4-6-27(23)45-30(28)29(25)40/h3-12,17-18,25,28-30,39-40H,13-16H2,1-2H3,(H,37,41)/t25-,28+,29+,30+/m1/s1. The summed E-state index contributed by atoms with van der Waals surface area (Å²) in [5, 5.41) is 23.7. The van der Waals surface area contributed by atoms with E-state index in [4.69, 9.17) is 14.2 Å². The highest BCUT2D eigenvalue weighted by Crippen LogP contribution is 2.47. The maximum absolute atomic E-state index is 14.1. The smallest absolute Gasteiger partial charge is 0.416 e. The van der Waals surface area contributed by atoms with Crippen LogP contribution < -0.4 is 19.5 Å². The predicted octanol–water partition coefficient (Wildman–Crippen LogP) is 3.73. The fraction of sp³-hybridized carbons (Fsp3) is 0.333. The Balaban J connectivity index is 1.57. The number of carbonyl (C=O) groups excluding carboxylic acids is 2. The number of nitrogens with zero attached hydrogens (tertiary/aromatic N) is 1. The van der Waals surface area contributed by atoms with Gasteiger partial charge in [0.15, 0.2) is 0 Å². The molecule has 0 radical (unpaired) electrons. The van der Waals surface area contributed by atoms with Gasteiger partial charge in [-0.1, -0.05) is 18.2 Å². The number of alkyl halides is 3. The first-order valence-electron chi connectivity index (χ1n) is 14.3. The first-order chi connectivity index (χ1) is 21.6. The van der Waals surface area contributed by atoms with Gasteiger partial charge >= 0.3 is 6.18 Å². The van der Waals surface area contributed by atoms with Crippen LogP contribution in [0.5, 0.6) is 17.2 Å². The third kappa shape index (κ3) is 6.47. The van der Waals surface area contributed by atoms with Crippen LogP contribution in [0.15, 0.2) is 78.4 Å². The third-order valence-corrected chi connectivity index (χ3v) is 8.07. The molecule has 3 aromatic rings. The Bertz CT molecular complexity index is 1580. The summed E-state index contributed by atoms with van der Waals surface area (Å²) >= 11 is 0. The molecule has 0 saturated heterocycles. The van der Waals surface area contributed by atoms with E-state index in [0.717, 1.165) is 24.3 Å². The maximum Gasteiger partial charge on any atom is 0.416 e. The highest BCUT2D eigenvalue weighted by molar-refractivity contribution is 5.97. The van der Waals surface area contributed by atoms with Gasteiger partial charge in [0, 0.05) is 29.8 Å². The summed E-state index contributed by atoms with van der Waals surface area (Å²) in [7, 11) is 3.01. The zero-order chi connectivity index (χ0) is 32.3. The largest absolute Gasteiger partial charge is 0.497 e. The number of fused-ring (bicyclic) bond motifs is 3. The van der Waals surface area contributed by atoms with Crippen LogP contribution in [-0.4, -0.2) is 79.1 Å². The SMILES string of the molecule is COc1ccc(OC)c(CCN(C(=O)c2ccc(C(F)(F)F)cc2)[C@@H]2C=C(C(=O)NCCO)[C@@H]3c4ccccc4O[C@@H]3[C@H]2O)c1. The molecule has 2 aliphatic rings. The minimum atomic E-state index is -4.59. The Labute approximate surface area is 257 Å². The number of carbonyl (C=O) groups is 2. The number of aliphatic hydroxyl groups excluding tert-OH is 2. The lowest BCUT2D eigenvalue weighted by atomic mass is 9.77. The number of para-hydroxylation sites is 1. The van der Waals surface area contributed by atoms with E-state index < -0.39 is 47.7 Å². The molecule has 0 aromatic heterocycles. The van der Waals surface area contributed by atoms with E-state index in [1.54, 1.807) is 42.5 Å². The summed E-state index contributed by atoms with van der Waals surface area (Å²) in [5.41, 5.74) is 0.655. The number of benzene rings is 3. The summed E-state index contributed by atoms with van der Waals surface area (Å²) in [6.07, 6.45) is -5.13. The van der Waals surface area contributed by atoms with Gasteiger partial charge in [0.25, 0.3) is 5.91 Å². The van der Waals surface area contributed by atoms with Crippen molar-refractivity contribution < 1.29 is 47.2 Å². The lowest BCUT2D eigenvalue weighted by molar-refractivity contribution is -0.137. The molecule has 0 spiro atoms. The van der Waals surface area contributed by atoms with Gasteiger partial charge in [0.05, 0.1) is 38.3 Å². The van der Waals surface area contributed by atoms with Gasteiger partial charge in [-0.3, -0.25) is 9.59 Å². The number of methoxy groups -OCH3 is 2. The van der Waals surface area contributed by atoms with Crippen molar-refractivity contribution in [1.29, 1.82) is 0 Å². The second-order valence-corrected chi connectivity index (χ2v) is 10.7. The van der Waals surface area contributed by atoms with Crippen molar-refractivity contribution in [3.8, 4) is 17.2 Å². The first kappa shape index (κ1) is 31.9. The Hall–Kier alpha value is -4.55. The molecule has 1 aliphatic heterocycles. The fourth-order valence-electron chi connectivity index (χ4n) is 5.86. The van der Waals surface area contributed by atoms with Gasteiger partial charge in [-0.25, -0.2) is 0 Å². The summed E-state index contributed by atoms with van der Waals surface area (Å²) in [6.45, 7) is -0.336. The van der Waals surface area contributed by atoms with Crippen LogP contribution >= 0.6 is 0 Å². The summed E-state index contributed by atoms with van der Waals surface area (Å²) < 4.78 is 56.8. The van der Waals surface area contributed by atoms with Crippen LogP contribution in [0.1, 0.15) is 33.0 Å². The molecule has 1 heterocycles. The Kier molecular flexibility index (Phi) is 9.35. The summed E-state index contributed by atoms with van der Waals surface area (Å²) in [6, 6.07) is 14.9. The van der Waals surface area contributed by atoms with E-state index in [0.29, 0.717) is 28.4 Å². The van der Waals surface area contributed by atoms with Gasteiger partial charge in [-0.05, 0) is 66.6 Å². The molecule has 238 valence electrons. The molecule has 0 fully saturated rings. The number of rotatable bonds is 10. The van der Waals surface area contributed by atoms with Crippen LogP contribution in [0.25, 0.3) is 0 Å². The van der Waals surface area contributed by atoms with Crippen LogP contribution in [0, 0.1) is 0 Å². The number of ether oxygens (including phenoxy) is 3. The van der Waals surface area contributed by atoms with Crippen LogP contribution in [0.2, 0.25) is 0 Å². The molecule has 2 amide bonds. The number of hydrogen-bond acceptors (Lipinski definition) is 7. The van der Waals surface area contributed by atoms with Crippen molar-refractivity contribution in [2.24, 2.45) is 0 Å². The van der Waals surface area contributed by atoms with Crippen molar-refractivity contribution in [2.45, 2.75) is 36.8 Å². The molecule has 9 nitrogen and oxygen atoms in total. The second-order valence-electron chi connectivity index (χ2n) is 10.7. The van der Waals surface area contributed by atoms with Crippen molar-refractivity contribution in [3.05, 3.63) is 101 Å². The van der Waals surface area contributed by atoms with E-state index >= 15 is 0 Å². The molecule has 3 N–H and O–H groups in total. The van der Waals surface area contributed by atoms with E-state index in [1.165, 1.54) is 25.2 Å². The molecule has 12 heteroatoms. The Morgan fingerprint density at radius 2 is 1.76 bits per heavy atom. The number of aliphatic hydroxyl groups is 2. The Morgan fingerprint density at radius 3 is 2.42 bits per heavy atom. The van der Waals surface area contributed by atoms with E-state index in [-0.39, 0.29) is 37.3 Å². The normalized spacial score (nSPS) is 20.3. The van der Waals surface area contributed by atoms with Crippen molar-refractivity contribution in [1.82, 2.24) is 10.2 Å². The lowest BCUT2D eigenvalue weighted by Gasteiger charge is -2.41. The maximum atomic E-state index is 14.1. The molecule has 5 rings (SSSR count). The lowest BCUT2D eigenvalue weighted by Crippen LogP contribution is -2.56. The van der Waals surface area contributed by atoms with E-state index in [2.05, 4.69) is 5.32 Å². The molecule has 4 atom stereocenters. The predicted molar refractivity (Wildman–Crippen MR) is 157 cm³/mol. The monoisotopic (exact) mass is 626 g/mol. The van der Waals surface area contributed by atoms with Gasteiger partial charge in [0.2, 0.25) is 5.91 Å².